The van der Waals surface area contributed by atoms with Crippen molar-refractivity contribution < 1.29 is 26.4 Å². The molecule has 4 heterocycles. The highest BCUT2D eigenvalue weighted by atomic mass is 32.2. The van der Waals surface area contributed by atoms with Crippen LogP contribution in [-0.4, -0.2) is 44.1 Å². The first kappa shape index (κ1) is 21.4. The lowest BCUT2D eigenvalue weighted by atomic mass is 10.2. The molecule has 1 aliphatic rings. The molecule has 9 nitrogen and oxygen atoms in total. The van der Waals surface area contributed by atoms with Gasteiger partial charge in [-0.15, -0.1) is 0 Å². The average molecular weight is 478 g/mol. The Bertz CT molecular complexity index is 1520. The molecule has 5 rings (SSSR count). The van der Waals surface area contributed by atoms with Gasteiger partial charge in [-0.2, -0.15) is 22.8 Å². The molecule has 0 atom stereocenters. The molecule has 1 N–H and O–H groups in total. The van der Waals surface area contributed by atoms with Gasteiger partial charge in [-0.3, -0.25) is 4.79 Å². The summed E-state index contributed by atoms with van der Waals surface area (Å²) in [4.78, 5) is 20.8. The van der Waals surface area contributed by atoms with Crippen LogP contribution in [0, 0.1) is 5.92 Å². The summed E-state index contributed by atoms with van der Waals surface area (Å²) in [5.41, 5.74) is -0.431. The number of sulfone groups is 1. The normalized spacial score (nSPS) is 14.8. The van der Waals surface area contributed by atoms with E-state index in [0.717, 1.165) is 25.1 Å². The van der Waals surface area contributed by atoms with E-state index < -0.39 is 21.6 Å². The van der Waals surface area contributed by atoms with Crippen LogP contribution in [0.2, 0.25) is 0 Å². The van der Waals surface area contributed by atoms with Gasteiger partial charge >= 0.3 is 6.18 Å². The highest BCUT2D eigenvalue weighted by molar-refractivity contribution is 7.91. The molecule has 172 valence electrons. The minimum Gasteiger partial charge on any atom is -0.310 e. The molecule has 33 heavy (non-hydrogen) atoms. The maximum atomic E-state index is 13.1. The Balaban J connectivity index is 1.72. The number of fused-ring (bicyclic) bond motifs is 2. The minimum absolute atomic E-state index is 0.0524. The molecule has 4 aromatic rings. The number of anilines is 1. The van der Waals surface area contributed by atoms with Crippen molar-refractivity contribution in [2.45, 2.75) is 31.0 Å². The Morgan fingerprint density at radius 2 is 1.97 bits per heavy atom. The molecule has 0 saturated heterocycles. The van der Waals surface area contributed by atoms with Gasteiger partial charge < -0.3 is 9.72 Å². The average Bonchev–Trinajstić information content (AvgIpc) is 3.40. The number of alkyl halides is 3. The van der Waals surface area contributed by atoms with E-state index in [1.54, 1.807) is 0 Å². The van der Waals surface area contributed by atoms with Crippen LogP contribution in [0.1, 0.15) is 25.3 Å². The van der Waals surface area contributed by atoms with Crippen LogP contribution in [0.15, 0.2) is 41.8 Å². The highest BCUT2D eigenvalue weighted by Crippen LogP contribution is 2.35. The van der Waals surface area contributed by atoms with Crippen LogP contribution >= 0.6 is 0 Å². The van der Waals surface area contributed by atoms with Gasteiger partial charge in [-0.1, -0.05) is 6.92 Å². The Morgan fingerprint density at radius 1 is 1.21 bits per heavy atom. The van der Waals surface area contributed by atoms with Crippen molar-refractivity contribution in [1.82, 2.24) is 24.0 Å². The van der Waals surface area contributed by atoms with E-state index in [9.17, 15) is 26.4 Å². The smallest absolute Gasteiger partial charge is 0.310 e. The van der Waals surface area contributed by atoms with Gasteiger partial charge in [0.25, 0.3) is 0 Å². The lowest BCUT2D eigenvalue weighted by Gasteiger charge is -2.06. The molecular formula is C20H17F3N6O3S. The molecule has 4 aromatic heterocycles. The highest BCUT2D eigenvalue weighted by Gasteiger charge is 2.33. The van der Waals surface area contributed by atoms with Crippen molar-refractivity contribution in [3.05, 3.63) is 42.4 Å². The minimum atomic E-state index is -4.55. The van der Waals surface area contributed by atoms with Gasteiger partial charge in [0.05, 0.1) is 22.6 Å². The molecule has 0 radical (unpaired) electrons. The molecule has 1 fully saturated rings. The van der Waals surface area contributed by atoms with Gasteiger partial charge in [0.15, 0.2) is 20.5 Å². The SMILES string of the molecule is CCS(=O)(=O)c1nn2c(NC(=O)C3CC3)ccnc2c1-c1cn2cc(C(F)(F)F)ccc2n1. The lowest BCUT2D eigenvalue weighted by molar-refractivity contribution is -0.137. The molecule has 1 saturated carbocycles. The molecule has 1 amide bonds. The Morgan fingerprint density at radius 3 is 2.64 bits per heavy atom. The molecule has 0 unspecified atom stereocenters. The second-order valence-electron chi connectivity index (χ2n) is 7.72. The van der Waals surface area contributed by atoms with Gasteiger partial charge in [-0.05, 0) is 31.0 Å². The zero-order valence-electron chi connectivity index (χ0n) is 17.2. The Labute approximate surface area is 185 Å². The summed E-state index contributed by atoms with van der Waals surface area (Å²) in [7, 11) is -3.87. The third kappa shape index (κ3) is 3.71. The standard InChI is InChI=1S/C20H17F3N6O3S/c1-2-33(31,32)19-16(13-10-28-9-12(20(21,22)23)5-6-14(28)25-13)17-24-8-7-15(29(17)27-19)26-18(30)11-3-4-11/h5-11H,2-4H2,1H3,(H,26,30). The first-order valence-corrected chi connectivity index (χ1v) is 11.7. The van der Waals surface area contributed by atoms with Gasteiger partial charge in [0.2, 0.25) is 5.91 Å². The van der Waals surface area contributed by atoms with Gasteiger partial charge in [0, 0.05) is 24.5 Å². The van der Waals surface area contributed by atoms with Crippen molar-refractivity contribution in [3.8, 4) is 11.3 Å². The summed E-state index contributed by atoms with van der Waals surface area (Å²) in [6.45, 7) is 1.45. The fraction of sp³-hybridized carbons (Fsp3) is 0.300. The van der Waals surface area contributed by atoms with Crippen molar-refractivity contribution in [3.63, 3.8) is 0 Å². The van der Waals surface area contributed by atoms with Crippen LogP contribution in [0.5, 0.6) is 0 Å². The van der Waals surface area contributed by atoms with E-state index in [4.69, 9.17) is 0 Å². The van der Waals surface area contributed by atoms with E-state index in [1.165, 1.54) is 40.4 Å². The number of carbonyl (C=O) groups excluding carboxylic acids is 1. The number of amides is 1. The zero-order chi connectivity index (χ0) is 23.5. The fourth-order valence-corrected chi connectivity index (χ4v) is 4.44. The predicted molar refractivity (Wildman–Crippen MR) is 111 cm³/mol. The van der Waals surface area contributed by atoms with Gasteiger partial charge in [-0.25, -0.2) is 18.4 Å². The summed E-state index contributed by atoms with van der Waals surface area (Å²) < 4.78 is 67.4. The molecule has 0 aromatic carbocycles. The third-order valence-corrected chi connectivity index (χ3v) is 7.03. The summed E-state index contributed by atoms with van der Waals surface area (Å²) >= 11 is 0. The maximum Gasteiger partial charge on any atom is 0.417 e. The van der Waals surface area contributed by atoms with Crippen LogP contribution in [0.25, 0.3) is 22.6 Å². The molecule has 13 heteroatoms. The fourth-order valence-electron chi connectivity index (χ4n) is 3.45. The first-order chi connectivity index (χ1) is 15.6. The second-order valence-corrected chi connectivity index (χ2v) is 9.91. The number of halogens is 3. The largest absolute Gasteiger partial charge is 0.417 e. The maximum absolute atomic E-state index is 13.1. The van der Waals surface area contributed by atoms with Crippen LogP contribution in [0.3, 0.4) is 0 Å². The summed E-state index contributed by atoms with van der Waals surface area (Å²) in [6, 6.07) is 3.59. The van der Waals surface area contributed by atoms with E-state index in [0.29, 0.717) is 0 Å². The first-order valence-electron chi connectivity index (χ1n) is 10.1. The van der Waals surface area contributed by atoms with Crippen molar-refractivity contribution in [1.29, 1.82) is 0 Å². The number of hydrogen-bond acceptors (Lipinski definition) is 6. The molecule has 0 aliphatic heterocycles. The second kappa shape index (κ2) is 7.27. The number of imidazole rings is 1. The number of nitrogens with one attached hydrogen (secondary N) is 1. The predicted octanol–water partition coefficient (Wildman–Crippen LogP) is 3.20. The number of pyridine rings is 1. The molecule has 1 aliphatic carbocycles. The summed E-state index contributed by atoms with van der Waals surface area (Å²) in [5.74, 6) is -0.326. The number of rotatable bonds is 5. The zero-order valence-corrected chi connectivity index (χ0v) is 18.0. The van der Waals surface area contributed by atoms with E-state index >= 15 is 0 Å². The molecule has 0 bridgehead atoms. The van der Waals surface area contributed by atoms with Crippen molar-refractivity contribution in [2.75, 3.05) is 11.1 Å². The number of nitrogens with zero attached hydrogens (tertiary/aromatic N) is 5. The Hall–Kier alpha value is -3.48. The third-order valence-electron chi connectivity index (χ3n) is 5.39. The molecular weight excluding hydrogens is 461 g/mol. The summed E-state index contributed by atoms with van der Waals surface area (Å²) in [5, 5.41) is 6.63. The quantitative estimate of drug-likeness (QED) is 0.472. The van der Waals surface area contributed by atoms with Gasteiger partial charge in [0.1, 0.15) is 11.5 Å². The monoisotopic (exact) mass is 478 g/mol. The van der Waals surface area contributed by atoms with Crippen LogP contribution in [0.4, 0.5) is 19.0 Å². The van der Waals surface area contributed by atoms with Crippen molar-refractivity contribution >= 4 is 32.9 Å². The lowest BCUT2D eigenvalue weighted by Crippen LogP contribution is -2.16. The number of aromatic nitrogens is 5. The Kier molecular flexibility index (Phi) is 4.71. The number of carbonyl (C=O) groups is 1. The summed E-state index contributed by atoms with van der Waals surface area (Å²) in [6.07, 6.45) is 0.578. The topological polar surface area (TPSA) is 111 Å². The van der Waals surface area contributed by atoms with Crippen LogP contribution in [-0.2, 0) is 20.8 Å². The van der Waals surface area contributed by atoms with E-state index in [-0.39, 0.29) is 51.0 Å². The van der Waals surface area contributed by atoms with Crippen LogP contribution < -0.4 is 5.32 Å². The van der Waals surface area contributed by atoms with E-state index in [2.05, 4.69) is 20.4 Å². The van der Waals surface area contributed by atoms with E-state index in [1.807, 2.05) is 0 Å². The molecule has 0 spiro atoms. The van der Waals surface area contributed by atoms with Crippen molar-refractivity contribution in [2.24, 2.45) is 5.92 Å². The number of hydrogen-bond donors (Lipinski definition) is 1.